The topological polar surface area (TPSA) is 9.23 Å². The molecule has 0 aliphatic carbocycles. The molecular formula is C8H9OSm. The first kappa shape index (κ1) is 8.45. The van der Waals surface area contributed by atoms with Gasteiger partial charge in [0.15, 0.2) is 0 Å². The quantitative estimate of drug-likeness (QED) is 0.760. The molecule has 0 fully saturated rings. The van der Waals surface area contributed by atoms with Crippen LogP contribution in [0.4, 0.5) is 0 Å². The molecule has 53 valence electrons. The summed E-state index contributed by atoms with van der Waals surface area (Å²) in [5, 5.41) is 0. The standard InChI is InChI=1S/C8H10O.Sm/c1-6-3-4-7(2)8(9)5-6;/h3-5,9H,1-2H3;/q;+1/p-1. The number of hydrogen-bond acceptors (Lipinski definition) is 1. The second-order valence-electron chi connectivity index (χ2n) is 2.35. The molecule has 1 aromatic carbocycles. The van der Waals surface area contributed by atoms with Crippen molar-refractivity contribution in [3.63, 3.8) is 0 Å². The van der Waals surface area contributed by atoms with Crippen molar-refractivity contribution < 1.29 is 40.0 Å². The molecule has 0 saturated carbocycles. The van der Waals surface area contributed by atoms with Gasteiger partial charge in [0.05, 0.1) is 0 Å². The minimum atomic E-state index is 1.01. The maximum absolute atomic E-state index is 5.21. The zero-order chi connectivity index (χ0) is 7.56. The van der Waals surface area contributed by atoms with Crippen LogP contribution in [0.25, 0.3) is 0 Å². The van der Waals surface area contributed by atoms with Gasteiger partial charge in [-0.3, -0.25) is 0 Å². The van der Waals surface area contributed by atoms with Gasteiger partial charge < -0.3 is 0 Å². The Hall–Kier alpha value is 0.358. The van der Waals surface area contributed by atoms with Gasteiger partial charge in [-0.1, -0.05) is 0 Å². The van der Waals surface area contributed by atoms with Gasteiger partial charge in [0.2, 0.25) is 0 Å². The normalized spacial score (nSPS) is 9.40. The van der Waals surface area contributed by atoms with Gasteiger partial charge >= 0.3 is 89.0 Å². The van der Waals surface area contributed by atoms with Crippen molar-refractivity contribution in [3.05, 3.63) is 29.3 Å². The fourth-order valence-electron chi connectivity index (χ4n) is 0.797. The average molecular weight is 272 g/mol. The van der Waals surface area contributed by atoms with E-state index in [9.17, 15) is 0 Å². The molecule has 0 radical (unpaired) electrons. The Balaban J connectivity index is 3.09. The maximum atomic E-state index is 5.21. The molecular weight excluding hydrogens is 262 g/mol. The van der Waals surface area contributed by atoms with Crippen LogP contribution in [0, 0.1) is 52.8 Å². The summed E-state index contributed by atoms with van der Waals surface area (Å²) >= 11 is 1.14. The fourth-order valence-corrected chi connectivity index (χ4v) is 1.37. The van der Waals surface area contributed by atoms with Crippen LogP contribution < -0.4 is 1.12 Å². The van der Waals surface area contributed by atoms with E-state index in [-0.39, 0.29) is 0 Å². The molecule has 0 aliphatic rings. The zero-order valence-corrected chi connectivity index (χ0v) is 8.67. The van der Waals surface area contributed by atoms with Crippen molar-refractivity contribution in [2.45, 2.75) is 13.8 Å². The molecule has 0 amide bonds. The number of rotatable bonds is 1. The summed E-state index contributed by atoms with van der Waals surface area (Å²) in [7, 11) is 0. The number of benzene rings is 1. The summed E-state index contributed by atoms with van der Waals surface area (Å²) in [6.45, 7) is 4.12. The van der Waals surface area contributed by atoms with Crippen molar-refractivity contribution in [3.8, 4) is 5.75 Å². The zero-order valence-electron chi connectivity index (χ0n) is 6.05. The first-order valence-corrected chi connectivity index (χ1v) is 4.18. The minimum absolute atomic E-state index is 1.01. The SMILES string of the molecule is Cc1ccc(C)c([O][Sm])c1. The van der Waals surface area contributed by atoms with Crippen LogP contribution in [0.15, 0.2) is 18.2 Å². The van der Waals surface area contributed by atoms with Crippen LogP contribution >= 0.6 is 0 Å². The van der Waals surface area contributed by atoms with Gasteiger partial charge in [0.25, 0.3) is 0 Å². The fraction of sp³-hybridized carbons (Fsp3) is 0.250. The second-order valence-corrected chi connectivity index (χ2v) is 2.89. The van der Waals surface area contributed by atoms with Crippen molar-refractivity contribution in [2.24, 2.45) is 0 Å². The molecule has 0 aliphatic heterocycles. The monoisotopic (exact) mass is 273 g/mol. The predicted molar refractivity (Wildman–Crippen MR) is 36.5 cm³/mol. The van der Waals surface area contributed by atoms with E-state index in [4.69, 9.17) is 1.12 Å². The molecule has 0 spiro atoms. The molecule has 10 heavy (non-hydrogen) atoms. The van der Waals surface area contributed by atoms with Crippen molar-refractivity contribution in [1.82, 2.24) is 0 Å². The van der Waals surface area contributed by atoms with E-state index in [2.05, 4.69) is 32.0 Å². The van der Waals surface area contributed by atoms with E-state index < -0.39 is 0 Å². The van der Waals surface area contributed by atoms with Gasteiger partial charge in [0, 0.05) is 0 Å². The molecule has 1 rings (SSSR count). The summed E-state index contributed by atoms with van der Waals surface area (Å²) in [6.07, 6.45) is 0. The molecule has 0 atom stereocenters. The number of hydrogen-bond donors (Lipinski definition) is 0. The van der Waals surface area contributed by atoms with Gasteiger partial charge in [-0.2, -0.15) is 0 Å². The molecule has 0 unspecified atom stereocenters. The molecule has 0 saturated heterocycles. The predicted octanol–water partition coefficient (Wildman–Crippen LogP) is 2.15. The van der Waals surface area contributed by atoms with E-state index in [0.29, 0.717) is 0 Å². The van der Waals surface area contributed by atoms with Crippen LogP contribution in [0.1, 0.15) is 11.1 Å². The number of aryl methyl sites for hydroxylation is 2. The molecule has 2 heteroatoms. The van der Waals surface area contributed by atoms with E-state index in [0.717, 1.165) is 44.7 Å². The molecule has 1 nitrogen and oxygen atoms in total. The summed E-state index contributed by atoms with van der Waals surface area (Å²) in [5.41, 5.74) is 2.46. The van der Waals surface area contributed by atoms with Gasteiger partial charge in [-0.05, 0) is 0 Å². The van der Waals surface area contributed by atoms with Crippen molar-refractivity contribution >= 4 is 0 Å². The molecule has 0 heterocycles. The van der Waals surface area contributed by atoms with E-state index in [1.165, 1.54) is 11.1 Å². The Morgan fingerprint density at radius 3 is 2.50 bits per heavy atom. The third-order valence-corrected chi connectivity index (χ3v) is 2.01. The third-order valence-electron chi connectivity index (χ3n) is 1.43. The van der Waals surface area contributed by atoms with Crippen LogP contribution in [-0.4, -0.2) is 0 Å². The third kappa shape index (κ3) is 1.92. The van der Waals surface area contributed by atoms with Gasteiger partial charge in [-0.25, -0.2) is 0 Å². The van der Waals surface area contributed by atoms with Crippen molar-refractivity contribution in [1.29, 1.82) is 0 Å². The van der Waals surface area contributed by atoms with E-state index >= 15 is 0 Å². The Kier molecular flexibility index (Phi) is 3.10. The Morgan fingerprint density at radius 1 is 1.30 bits per heavy atom. The Labute approximate surface area is 88.1 Å². The molecule has 0 bridgehead atoms. The summed E-state index contributed by atoms with van der Waals surface area (Å²) in [4.78, 5) is 0. The molecule has 1 aromatic rings. The van der Waals surface area contributed by atoms with Crippen LogP contribution in [0.2, 0.25) is 0 Å². The first-order valence-electron chi connectivity index (χ1n) is 3.11. The van der Waals surface area contributed by atoms with Crippen LogP contribution in [0.3, 0.4) is 0 Å². The average Bonchev–Trinajstić information content (AvgIpc) is 1.94. The van der Waals surface area contributed by atoms with E-state index in [1.807, 2.05) is 0 Å². The van der Waals surface area contributed by atoms with Gasteiger partial charge in [0.1, 0.15) is 0 Å². The summed E-state index contributed by atoms with van der Waals surface area (Å²) < 4.78 is 5.21. The second kappa shape index (κ2) is 3.66. The van der Waals surface area contributed by atoms with Gasteiger partial charge in [-0.15, -0.1) is 0 Å². The summed E-state index contributed by atoms with van der Waals surface area (Å²) in [6, 6.07) is 6.23. The van der Waals surface area contributed by atoms with Crippen LogP contribution in [0.5, 0.6) is 5.75 Å². The Bertz CT molecular complexity index is 233. The summed E-state index contributed by atoms with van der Waals surface area (Å²) in [5.74, 6) is 1.01. The first-order chi connectivity index (χ1) is 4.74. The van der Waals surface area contributed by atoms with Crippen molar-refractivity contribution in [2.75, 3.05) is 0 Å². The molecule has 0 N–H and O–H groups in total. The molecule has 0 aromatic heterocycles. The Morgan fingerprint density at radius 2 is 2.00 bits per heavy atom. The van der Waals surface area contributed by atoms with E-state index in [1.54, 1.807) is 0 Å². The van der Waals surface area contributed by atoms with Crippen LogP contribution in [-0.2, 0) is 0 Å².